The maximum absolute atomic E-state index is 11.1. The van der Waals surface area contributed by atoms with Gasteiger partial charge in [-0.2, -0.15) is 0 Å². The van der Waals surface area contributed by atoms with Crippen LogP contribution in [0, 0.1) is 6.92 Å². The number of hydrogen-bond donors (Lipinski definition) is 1. The minimum atomic E-state index is -0.789. The summed E-state index contributed by atoms with van der Waals surface area (Å²) in [6, 6.07) is 0. The molecule has 82 valence electrons. The lowest BCUT2D eigenvalue weighted by Crippen LogP contribution is -2.22. The largest absolute Gasteiger partial charge is 0.477 e. The van der Waals surface area contributed by atoms with Crippen molar-refractivity contribution < 1.29 is 9.90 Å². The highest BCUT2D eigenvalue weighted by atomic mass is 32.2. The monoisotopic (exact) mass is 242 g/mol. The van der Waals surface area contributed by atoms with Gasteiger partial charge in [0.2, 0.25) is 0 Å². The quantitative estimate of drug-likeness (QED) is 0.818. The Morgan fingerprint density at radius 3 is 2.67 bits per heavy atom. The van der Waals surface area contributed by atoms with E-state index in [-0.39, 0.29) is 5.41 Å². The standard InChI is InChI=1S/C11H14O2S2/c1-6-7-10(15-8(6)9(12)13)14-5-4-11(7,2)3/h4-5H2,1-3H3,(H,12,13). The van der Waals surface area contributed by atoms with Crippen molar-refractivity contribution in [2.45, 2.75) is 36.8 Å². The van der Waals surface area contributed by atoms with Gasteiger partial charge in [0.25, 0.3) is 0 Å². The minimum absolute atomic E-state index is 0.134. The molecule has 0 bridgehead atoms. The van der Waals surface area contributed by atoms with Crippen LogP contribution in [0.2, 0.25) is 0 Å². The van der Waals surface area contributed by atoms with Crippen LogP contribution in [0.1, 0.15) is 41.1 Å². The first kappa shape index (κ1) is 11.0. The van der Waals surface area contributed by atoms with Crippen molar-refractivity contribution in [1.29, 1.82) is 0 Å². The molecule has 0 unspecified atom stereocenters. The molecule has 1 aromatic rings. The Morgan fingerprint density at radius 1 is 1.47 bits per heavy atom. The number of thiophene rings is 1. The number of aromatic carboxylic acids is 1. The summed E-state index contributed by atoms with van der Waals surface area (Å²) in [4.78, 5) is 11.6. The van der Waals surface area contributed by atoms with Gasteiger partial charge in [0.1, 0.15) is 4.88 Å². The van der Waals surface area contributed by atoms with Crippen LogP contribution < -0.4 is 0 Å². The van der Waals surface area contributed by atoms with Gasteiger partial charge in [-0.3, -0.25) is 0 Å². The van der Waals surface area contributed by atoms with E-state index in [0.717, 1.165) is 17.7 Å². The van der Waals surface area contributed by atoms with Gasteiger partial charge in [0.05, 0.1) is 4.21 Å². The van der Waals surface area contributed by atoms with E-state index in [2.05, 4.69) is 13.8 Å². The first-order valence-electron chi connectivity index (χ1n) is 4.93. The summed E-state index contributed by atoms with van der Waals surface area (Å²) in [6.45, 7) is 6.35. The van der Waals surface area contributed by atoms with Gasteiger partial charge in [-0.1, -0.05) is 13.8 Å². The van der Waals surface area contributed by atoms with E-state index in [4.69, 9.17) is 5.11 Å². The van der Waals surface area contributed by atoms with E-state index in [1.54, 1.807) is 11.8 Å². The van der Waals surface area contributed by atoms with Crippen molar-refractivity contribution in [2.24, 2.45) is 0 Å². The average Bonchev–Trinajstić information content (AvgIpc) is 2.43. The average molecular weight is 242 g/mol. The summed E-state index contributed by atoms with van der Waals surface area (Å²) < 4.78 is 1.21. The Kier molecular flexibility index (Phi) is 2.59. The predicted octanol–water partition coefficient (Wildman–Crippen LogP) is 3.53. The summed E-state index contributed by atoms with van der Waals surface area (Å²) in [5.74, 6) is 0.308. The summed E-state index contributed by atoms with van der Waals surface area (Å²) in [5.41, 5.74) is 2.37. The number of carboxylic acid groups (broad SMARTS) is 1. The SMILES string of the molecule is Cc1c(C(=O)O)sc2c1C(C)(C)CCS2. The van der Waals surface area contributed by atoms with Crippen LogP contribution in [0.4, 0.5) is 0 Å². The molecule has 0 saturated heterocycles. The van der Waals surface area contributed by atoms with Gasteiger partial charge in [0.15, 0.2) is 0 Å². The summed E-state index contributed by atoms with van der Waals surface area (Å²) >= 11 is 3.23. The minimum Gasteiger partial charge on any atom is -0.477 e. The highest BCUT2D eigenvalue weighted by molar-refractivity contribution is 8.01. The zero-order valence-electron chi connectivity index (χ0n) is 9.09. The predicted molar refractivity (Wildman–Crippen MR) is 64.4 cm³/mol. The molecule has 4 heteroatoms. The number of hydrogen-bond acceptors (Lipinski definition) is 3. The summed E-state index contributed by atoms with van der Waals surface area (Å²) in [5, 5.41) is 9.09. The van der Waals surface area contributed by atoms with Crippen molar-refractivity contribution in [3.05, 3.63) is 16.0 Å². The summed E-state index contributed by atoms with van der Waals surface area (Å²) in [7, 11) is 0. The third-order valence-electron chi connectivity index (χ3n) is 2.95. The van der Waals surface area contributed by atoms with Gasteiger partial charge < -0.3 is 5.11 Å². The van der Waals surface area contributed by atoms with E-state index in [0.29, 0.717) is 4.88 Å². The molecule has 0 fully saturated rings. The second-order valence-corrected chi connectivity index (χ2v) is 6.89. The van der Waals surface area contributed by atoms with Crippen LogP contribution in [-0.4, -0.2) is 16.8 Å². The van der Waals surface area contributed by atoms with Crippen molar-refractivity contribution >= 4 is 29.1 Å². The third-order valence-corrected chi connectivity index (χ3v) is 5.50. The molecule has 2 heterocycles. The van der Waals surface area contributed by atoms with Gasteiger partial charge in [-0.05, 0) is 35.6 Å². The Bertz CT molecular complexity index is 418. The molecule has 0 atom stereocenters. The van der Waals surface area contributed by atoms with E-state index in [1.165, 1.54) is 21.1 Å². The highest BCUT2D eigenvalue weighted by Crippen LogP contribution is 2.48. The van der Waals surface area contributed by atoms with E-state index in [1.807, 2.05) is 6.92 Å². The molecule has 15 heavy (non-hydrogen) atoms. The van der Waals surface area contributed by atoms with Crippen LogP contribution in [0.25, 0.3) is 0 Å². The fourth-order valence-electron chi connectivity index (χ4n) is 2.10. The maximum Gasteiger partial charge on any atom is 0.346 e. The molecule has 0 amide bonds. The molecule has 0 spiro atoms. The second kappa shape index (κ2) is 3.52. The maximum atomic E-state index is 11.1. The van der Waals surface area contributed by atoms with Gasteiger partial charge in [0, 0.05) is 0 Å². The molecule has 1 aromatic heterocycles. The van der Waals surface area contributed by atoms with Crippen molar-refractivity contribution in [1.82, 2.24) is 0 Å². The number of fused-ring (bicyclic) bond motifs is 1. The smallest absolute Gasteiger partial charge is 0.346 e. The number of carboxylic acids is 1. The molecule has 0 radical (unpaired) electrons. The van der Waals surface area contributed by atoms with Crippen LogP contribution in [-0.2, 0) is 5.41 Å². The number of thioether (sulfide) groups is 1. The van der Waals surface area contributed by atoms with Gasteiger partial charge in [-0.15, -0.1) is 23.1 Å². The molecule has 2 rings (SSSR count). The molecule has 1 aliphatic heterocycles. The normalized spacial score (nSPS) is 18.6. The fraction of sp³-hybridized carbons (Fsp3) is 0.545. The lowest BCUT2D eigenvalue weighted by Gasteiger charge is -2.30. The Hall–Kier alpha value is -0.480. The molecule has 0 aliphatic carbocycles. The molecule has 0 saturated carbocycles. The molecular weight excluding hydrogens is 228 g/mol. The Balaban J connectivity index is 2.62. The molecule has 0 aromatic carbocycles. The van der Waals surface area contributed by atoms with Crippen LogP contribution in [0.15, 0.2) is 4.21 Å². The van der Waals surface area contributed by atoms with Crippen LogP contribution in [0.5, 0.6) is 0 Å². The number of carbonyl (C=O) groups is 1. The van der Waals surface area contributed by atoms with Crippen molar-refractivity contribution in [2.75, 3.05) is 5.75 Å². The van der Waals surface area contributed by atoms with E-state index >= 15 is 0 Å². The molecular formula is C11H14O2S2. The zero-order chi connectivity index (χ0) is 11.2. The van der Waals surface area contributed by atoms with E-state index < -0.39 is 5.97 Å². The Labute approximate surface area is 97.7 Å². The lowest BCUT2D eigenvalue weighted by molar-refractivity contribution is 0.0701. The van der Waals surface area contributed by atoms with Crippen molar-refractivity contribution in [3.8, 4) is 0 Å². The first-order chi connectivity index (χ1) is 6.93. The summed E-state index contributed by atoms with van der Waals surface area (Å²) in [6.07, 6.45) is 1.13. The zero-order valence-corrected chi connectivity index (χ0v) is 10.7. The number of rotatable bonds is 1. The first-order valence-corrected chi connectivity index (χ1v) is 6.73. The molecule has 1 N–H and O–H groups in total. The van der Waals surface area contributed by atoms with E-state index in [9.17, 15) is 4.79 Å². The topological polar surface area (TPSA) is 37.3 Å². The van der Waals surface area contributed by atoms with Crippen LogP contribution in [0.3, 0.4) is 0 Å². The molecule has 1 aliphatic rings. The van der Waals surface area contributed by atoms with Crippen LogP contribution >= 0.6 is 23.1 Å². The lowest BCUT2D eigenvalue weighted by atomic mass is 9.81. The Morgan fingerprint density at radius 2 is 2.13 bits per heavy atom. The van der Waals surface area contributed by atoms with Gasteiger partial charge >= 0.3 is 5.97 Å². The van der Waals surface area contributed by atoms with Gasteiger partial charge in [-0.25, -0.2) is 4.79 Å². The molecule has 2 nitrogen and oxygen atoms in total. The fourth-order valence-corrected chi connectivity index (χ4v) is 5.27. The van der Waals surface area contributed by atoms with Crippen molar-refractivity contribution in [3.63, 3.8) is 0 Å². The highest BCUT2D eigenvalue weighted by Gasteiger charge is 2.33. The second-order valence-electron chi connectivity index (χ2n) is 4.51. The third kappa shape index (κ3) is 1.70.